The average Bonchev–Trinajstić information content (AvgIpc) is 2.04. The Morgan fingerprint density at radius 2 is 1.42 bits per heavy atom. The van der Waals surface area contributed by atoms with Crippen molar-refractivity contribution in [3.63, 3.8) is 0 Å². The SMILES string of the molecule is CNCCOc1ccc2oc(C(=O)N3C[C@@H](CCl)c4c3cc(OC(=O)N3CCN(C(=O)OCc5ccc(NC(=O)[C@H](CCCNC(N)=O)NC(=O)[C@@H](NCCNC(=O)OCC6c7ccccc7-c7ccccc76)C(C)C)cc5)CC3)c3ccccc43)cc2c1. The number of piperazine rings is 1. The second kappa shape index (κ2) is 29.1. The van der Waals surface area contributed by atoms with E-state index >= 15 is 0 Å². The molecule has 1 aliphatic carbocycles. The Morgan fingerprint density at radius 1 is 0.730 bits per heavy atom. The van der Waals surface area contributed by atoms with E-state index in [2.05, 4.69) is 44.0 Å². The number of nitrogens with zero attached hydrogens (tertiary/aromatic N) is 3. The molecule has 8 N–H and O–H groups in total. The van der Waals surface area contributed by atoms with E-state index in [1.54, 1.807) is 53.4 Å². The van der Waals surface area contributed by atoms with Crippen LogP contribution in [0.4, 0.5) is 30.6 Å². The summed E-state index contributed by atoms with van der Waals surface area (Å²) < 4.78 is 29.3. The van der Waals surface area contributed by atoms with Crippen LogP contribution in [0.15, 0.2) is 132 Å². The van der Waals surface area contributed by atoms with Gasteiger partial charge in [-0.1, -0.05) is 98.8 Å². The van der Waals surface area contributed by atoms with Gasteiger partial charge < -0.3 is 75.7 Å². The monoisotopic (exact) mass is 1230 g/mol. The lowest BCUT2D eigenvalue weighted by molar-refractivity contribution is -0.128. The van der Waals surface area contributed by atoms with Gasteiger partial charge in [0.1, 0.15) is 42.9 Å². The third-order valence-corrected chi connectivity index (χ3v) is 16.5. The van der Waals surface area contributed by atoms with Crippen LogP contribution in [-0.4, -0.2) is 149 Å². The molecule has 466 valence electrons. The van der Waals surface area contributed by atoms with Crippen LogP contribution in [0.25, 0.3) is 32.9 Å². The number of carbonyl (C=O) groups excluding carboxylic acids is 7. The minimum Gasteiger partial charge on any atom is -0.492 e. The molecule has 89 heavy (non-hydrogen) atoms. The number of likely N-dealkylation sites (N-methyl/N-ethyl adjacent to an activating group) is 1. The van der Waals surface area contributed by atoms with Crippen LogP contribution < -0.4 is 52.0 Å². The Morgan fingerprint density at radius 3 is 2.10 bits per heavy atom. The number of rotatable bonds is 24. The van der Waals surface area contributed by atoms with E-state index in [0.717, 1.165) is 33.2 Å². The number of primary amides is 1. The number of alkyl halides is 1. The zero-order chi connectivity index (χ0) is 62.6. The molecule has 10 rings (SSSR count). The van der Waals surface area contributed by atoms with Gasteiger partial charge in [-0.25, -0.2) is 19.2 Å². The molecular weight excluding hydrogens is 1160 g/mol. The van der Waals surface area contributed by atoms with E-state index in [9.17, 15) is 33.6 Å². The maximum atomic E-state index is 14.3. The van der Waals surface area contributed by atoms with Gasteiger partial charge in [0.05, 0.1) is 11.7 Å². The van der Waals surface area contributed by atoms with Crippen molar-refractivity contribution in [3.05, 3.63) is 155 Å². The zero-order valence-corrected chi connectivity index (χ0v) is 50.6. The number of anilines is 2. The summed E-state index contributed by atoms with van der Waals surface area (Å²) >= 11 is 6.56. The molecule has 0 saturated carbocycles. The first kappa shape index (κ1) is 62.7. The van der Waals surface area contributed by atoms with Crippen LogP contribution in [0.2, 0.25) is 0 Å². The molecule has 3 heterocycles. The summed E-state index contributed by atoms with van der Waals surface area (Å²) in [6.45, 7) is 6.51. The van der Waals surface area contributed by atoms with Crippen molar-refractivity contribution in [1.82, 2.24) is 36.4 Å². The maximum absolute atomic E-state index is 14.3. The van der Waals surface area contributed by atoms with Crippen LogP contribution in [0.5, 0.6) is 11.5 Å². The molecule has 3 atom stereocenters. The number of fused-ring (bicyclic) bond motifs is 7. The largest absolute Gasteiger partial charge is 0.492 e. The summed E-state index contributed by atoms with van der Waals surface area (Å²) in [5.41, 5.74) is 12.8. The van der Waals surface area contributed by atoms with E-state index in [1.165, 1.54) is 9.80 Å². The molecule has 6 aromatic carbocycles. The third kappa shape index (κ3) is 15.0. The van der Waals surface area contributed by atoms with Crippen molar-refractivity contribution in [2.24, 2.45) is 11.7 Å². The molecule has 0 bridgehead atoms. The number of nitrogens with two attached hydrogens (primary N) is 1. The number of halogens is 1. The predicted octanol–water partition coefficient (Wildman–Crippen LogP) is 8.64. The van der Waals surface area contributed by atoms with Crippen molar-refractivity contribution >= 4 is 86.7 Å². The number of carbonyl (C=O) groups is 7. The average molecular weight is 1230 g/mol. The molecule has 7 aromatic rings. The molecule has 0 unspecified atom stereocenters. The number of benzene rings is 6. The molecule has 22 nitrogen and oxygen atoms in total. The standard InChI is InChI=1S/C66H73ClN10O12/c1-40(2)59(70-25-26-72-64(82)86-39-52-48-13-6-4-11-46(48)47-12-5-7-14-49(47)52)61(79)74-53(17-10-24-71-63(68)81)60(78)73-44-20-18-41(19-21-44)38-87-65(83)75-28-30-76(31-29-75)66(84)89-56-35-54-58(51-16-9-8-15-50(51)56)43(36-67)37-77(54)62(80)57-34-42-33-45(85-32-27-69-3)22-23-55(42)88-57/h4-9,11-16,18-23,33-35,40,43,52-53,59,69-70H,10,17,24-32,36-39H2,1-3H3,(H,72,82)(H,73,78)(H,74,79)(H3,68,71,81)/t43-,53+,59+/m1/s1. The molecular formula is C66H73ClN10O12. The maximum Gasteiger partial charge on any atom is 0.415 e. The zero-order valence-electron chi connectivity index (χ0n) is 49.8. The summed E-state index contributed by atoms with van der Waals surface area (Å²) in [7, 11) is 1.85. The van der Waals surface area contributed by atoms with Crippen molar-refractivity contribution in [3.8, 4) is 22.6 Å². The Kier molecular flexibility index (Phi) is 20.5. The van der Waals surface area contributed by atoms with Gasteiger partial charge >= 0.3 is 24.3 Å². The number of alkyl carbamates (subject to hydrolysis) is 1. The second-order valence-corrected chi connectivity index (χ2v) is 22.7. The van der Waals surface area contributed by atoms with Gasteiger partial charge in [0.2, 0.25) is 11.8 Å². The Bertz CT molecular complexity index is 3680. The van der Waals surface area contributed by atoms with E-state index < -0.39 is 48.2 Å². The second-order valence-electron chi connectivity index (χ2n) is 22.4. The van der Waals surface area contributed by atoms with Crippen molar-refractivity contribution in [2.45, 2.75) is 57.2 Å². The quantitative estimate of drug-likeness (QED) is 0.0220. The van der Waals surface area contributed by atoms with Crippen LogP contribution in [-0.2, 0) is 25.7 Å². The van der Waals surface area contributed by atoms with Gasteiger partial charge in [-0.3, -0.25) is 14.4 Å². The van der Waals surface area contributed by atoms with Crippen LogP contribution in [0, 0.1) is 5.92 Å². The fourth-order valence-corrected chi connectivity index (χ4v) is 11.8. The van der Waals surface area contributed by atoms with E-state index in [1.807, 2.05) is 87.6 Å². The van der Waals surface area contributed by atoms with Crippen LogP contribution in [0.1, 0.15) is 71.3 Å². The highest BCUT2D eigenvalue weighted by Crippen LogP contribution is 2.47. The summed E-state index contributed by atoms with van der Waals surface area (Å²) in [5.74, 6) is -0.501. The molecule has 23 heteroatoms. The molecule has 1 saturated heterocycles. The molecule has 8 amide bonds. The summed E-state index contributed by atoms with van der Waals surface area (Å²) in [6, 6.07) is 36.7. The van der Waals surface area contributed by atoms with Gasteiger partial charge in [-0.05, 0) is 101 Å². The lowest BCUT2D eigenvalue weighted by Crippen LogP contribution is -2.54. The highest BCUT2D eigenvalue weighted by atomic mass is 35.5. The van der Waals surface area contributed by atoms with Crippen LogP contribution >= 0.6 is 11.6 Å². The number of ether oxygens (including phenoxy) is 4. The van der Waals surface area contributed by atoms with Crippen LogP contribution in [0.3, 0.4) is 0 Å². The Hall–Kier alpha value is -9.38. The number of hydrogen-bond acceptors (Lipinski definition) is 14. The molecule has 0 radical (unpaired) electrons. The van der Waals surface area contributed by atoms with Gasteiger partial charge in [-0.2, -0.15) is 0 Å². The normalized spacial score (nSPS) is 15.0. The topological polar surface area (TPSA) is 277 Å². The highest BCUT2D eigenvalue weighted by Gasteiger charge is 2.38. The van der Waals surface area contributed by atoms with E-state index in [4.69, 9.17) is 40.7 Å². The number of urea groups is 1. The lowest BCUT2D eigenvalue weighted by Gasteiger charge is -2.33. The first-order valence-electron chi connectivity index (χ1n) is 29.9. The Balaban J connectivity index is 0.687. The first-order chi connectivity index (χ1) is 43.2. The fraction of sp³-hybridized carbons (Fsp3) is 0.348. The minimum absolute atomic E-state index is 0.0788. The fourth-order valence-electron chi connectivity index (χ4n) is 11.5. The van der Waals surface area contributed by atoms with Crippen molar-refractivity contribution < 1.29 is 56.9 Å². The first-order valence-corrected chi connectivity index (χ1v) is 30.4. The summed E-state index contributed by atoms with van der Waals surface area (Å²) in [6.07, 6.45) is -1.29. The van der Waals surface area contributed by atoms with Gasteiger partial charge in [0, 0.05) is 99.1 Å². The predicted molar refractivity (Wildman–Crippen MR) is 338 cm³/mol. The highest BCUT2D eigenvalue weighted by molar-refractivity contribution is 6.19. The van der Waals surface area contributed by atoms with E-state index in [-0.39, 0.29) is 113 Å². The Labute approximate surface area is 520 Å². The third-order valence-electron chi connectivity index (χ3n) is 16.1. The number of amides is 8. The molecule has 3 aliphatic rings. The van der Waals surface area contributed by atoms with E-state index in [0.29, 0.717) is 58.6 Å². The lowest BCUT2D eigenvalue weighted by atomic mass is 9.95. The van der Waals surface area contributed by atoms with Gasteiger partial charge in [0.25, 0.3) is 5.91 Å². The van der Waals surface area contributed by atoms with Gasteiger partial charge in [0.15, 0.2) is 5.76 Å². The summed E-state index contributed by atoms with van der Waals surface area (Å²) in [5, 5.41) is 19.4. The van der Waals surface area contributed by atoms with Crippen molar-refractivity contribution in [2.75, 3.05) is 95.3 Å². The number of furan rings is 1. The molecule has 2 aliphatic heterocycles. The molecule has 1 fully saturated rings. The summed E-state index contributed by atoms with van der Waals surface area (Å²) in [4.78, 5) is 98.1. The van der Waals surface area contributed by atoms with Crippen molar-refractivity contribution in [1.29, 1.82) is 0 Å². The van der Waals surface area contributed by atoms with Gasteiger partial charge in [-0.15, -0.1) is 11.6 Å². The smallest absolute Gasteiger partial charge is 0.415 e. The minimum atomic E-state index is -1.01. The molecule has 1 aromatic heterocycles. The number of nitrogens with one attached hydrogen (secondary N) is 6. The molecule has 0 spiro atoms. The number of hydrogen-bond donors (Lipinski definition) is 7.